The maximum Gasteiger partial charge on any atom is 0.0870 e. The van der Waals surface area contributed by atoms with Crippen molar-refractivity contribution < 1.29 is 5.11 Å². The zero-order chi connectivity index (χ0) is 10.4. The summed E-state index contributed by atoms with van der Waals surface area (Å²) < 4.78 is 0. The first-order valence-corrected chi connectivity index (χ1v) is 5.61. The van der Waals surface area contributed by atoms with Crippen molar-refractivity contribution in [3.63, 3.8) is 0 Å². The smallest absolute Gasteiger partial charge is 0.0870 e. The van der Waals surface area contributed by atoms with Gasteiger partial charge in [0.15, 0.2) is 0 Å². The Bertz CT molecular complexity index is 221. The zero-order valence-electron chi connectivity index (χ0n) is 9.51. The molecule has 1 saturated heterocycles. The first kappa shape index (κ1) is 10.4. The Labute approximate surface area is 86.5 Å². The van der Waals surface area contributed by atoms with Gasteiger partial charge in [0.2, 0.25) is 0 Å². The van der Waals surface area contributed by atoms with Gasteiger partial charge in [-0.05, 0) is 33.6 Å². The third-order valence-corrected chi connectivity index (χ3v) is 3.34. The van der Waals surface area contributed by atoms with Gasteiger partial charge in [0.05, 0.1) is 5.60 Å². The van der Waals surface area contributed by atoms with Gasteiger partial charge in [-0.1, -0.05) is 0 Å². The van der Waals surface area contributed by atoms with E-state index in [1.807, 2.05) is 6.92 Å². The molecule has 1 aliphatic heterocycles. The number of nitrogens with zero attached hydrogens (tertiary/aromatic N) is 1. The molecule has 1 saturated carbocycles. The summed E-state index contributed by atoms with van der Waals surface area (Å²) in [5, 5.41) is 13.5. The zero-order valence-corrected chi connectivity index (χ0v) is 9.51. The lowest BCUT2D eigenvalue weighted by atomic mass is 10.0. The fourth-order valence-corrected chi connectivity index (χ4v) is 2.39. The average molecular weight is 198 g/mol. The Kier molecular flexibility index (Phi) is 2.37. The highest BCUT2D eigenvalue weighted by Crippen LogP contribution is 2.34. The van der Waals surface area contributed by atoms with Gasteiger partial charge >= 0.3 is 0 Å². The Morgan fingerprint density at radius 3 is 2.43 bits per heavy atom. The maximum absolute atomic E-state index is 10.1. The van der Waals surface area contributed by atoms with Crippen LogP contribution in [0.15, 0.2) is 0 Å². The van der Waals surface area contributed by atoms with Crippen LogP contribution in [0, 0.1) is 0 Å². The van der Waals surface area contributed by atoms with Crippen LogP contribution in [0.1, 0.15) is 33.6 Å². The highest BCUT2D eigenvalue weighted by molar-refractivity contribution is 5.00. The molecular weight excluding hydrogens is 176 g/mol. The summed E-state index contributed by atoms with van der Waals surface area (Å²) in [5.41, 5.74) is -0.391. The minimum atomic E-state index is -0.573. The van der Waals surface area contributed by atoms with Crippen molar-refractivity contribution in [2.45, 2.75) is 50.8 Å². The molecular formula is C11H22N2O. The predicted molar refractivity (Wildman–Crippen MR) is 57.3 cm³/mol. The van der Waals surface area contributed by atoms with Crippen molar-refractivity contribution in [3.8, 4) is 0 Å². The molecule has 1 heterocycles. The van der Waals surface area contributed by atoms with E-state index in [-0.39, 0.29) is 5.54 Å². The van der Waals surface area contributed by atoms with Crippen molar-refractivity contribution >= 4 is 0 Å². The molecule has 3 nitrogen and oxygen atoms in total. The highest BCUT2D eigenvalue weighted by atomic mass is 16.3. The second-order valence-corrected chi connectivity index (χ2v) is 5.77. The van der Waals surface area contributed by atoms with Crippen LogP contribution in [0.25, 0.3) is 0 Å². The van der Waals surface area contributed by atoms with Gasteiger partial charge in [-0.25, -0.2) is 0 Å². The molecule has 0 spiro atoms. The monoisotopic (exact) mass is 198 g/mol. The third kappa shape index (κ3) is 2.10. The van der Waals surface area contributed by atoms with Crippen LogP contribution in [0.5, 0.6) is 0 Å². The number of nitrogens with one attached hydrogen (secondary N) is 1. The molecule has 1 unspecified atom stereocenters. The number of rotatable bonds is 1. The van der Waals surface area contributed by atoms with Gasteiger partial charge in [0.1, 0.15) is 0 Å². The molecule has 2 fully saturated rings. The lowest BCUT2D eigenvalue weighted by Crippen LogP contribution is -2.52. The van der Waals surface area contributed by atoms with E-state index in [0.717, 1.165) is 19.1 Å². The lowest BCUT2D eigenvalue weighted by Gasteiger charge is -2.39. The van der Waals surface area contributed by atoms with E-state index in [1.165, 1.54) is 12.8 Å². The molecule has 0 amide bonds. The van der Waals surface area contributed by atoms with Crippen LogP contribution < -0.4 is 5.32 Å². The molecule has 14 heavy (non-hydrogen) atoms. The summed E-state index contributed by atoms with van der Waals surface area (Å²) in [6.07, 6.45) is 2.61. The van der Waals surface area contributed by atoms with E-state index in [9.17, 15) is 5.11 Å². The van der Waals surface area contributed by atoms with Crippen LogP contribution in [0.2, 0.25) is 0 Å². The molecule has 0 radical (unpaired) electrons. The van der Waals surface area contributed by atoms with E-state index in [4.69, 9.17) is 0 Å². The topological polar surface area (TPSA) is 35.5 Å². The molecule has 2 rings (SSSR count). The molecule has 0 aromatic carbocycles. The summed E-state index contributed by atoms with van der Waals surface area (Å²) in [4.78, 5) is 2.48. The Hall–Kier alpha value is -0.120. The average Bonchev–Trinajstić information content (AvgIpc) is 2.79. The number of hydrogen-bond donors (Lipinski definition) is 2. The summed E-state index contributed by atoms with van der Waals surface area (Å²) in [6.45, 7) is 8.94. The molecule has 3 heteroatoms. The minimum absolute atomic E-state index is 0.182. The molecule has 82 valence electrons. The van der Waals surface area contributed by atoms with Gasteiger partial charge in [0, 0.05) is 31.2 Å². The second-order valence-electron chi connectivity index (χ2n) is 5.77. The Balaban J connectivity index is 2.14. The first-order valence-electron chi connectivity index (χ1n) is 5.61. The summed E-state index contributed by atoms with van der Waals surface area (Å²) in [6, 6.07) is 0.719. The molecule has 2 aliphatic rings. The molecule has 1 atom stereocenters. The quantitative estimate of drug-likeness (QED) is 0.647. The first-order chi connectivity index (χ1) is 6.41. The van der Waals surface area contributed by atoms with Crippen LogP contribution in [0.4, 0.5) is 0 Å². The number of β-amino-alcohol motifs (C(OH)–C–C–N with tert-alkyl or cyclic N) is 1. The maximum atomic E-state index is 10.1. The molecule has 1 aliphatic carbocycles. The van der Waals surface area contributed by atoms with E-state index >= 15 is 0 Å². The second kappa shape index (κ2) is 3.19. The Morgan fingerprint density at radius 2 is 1.86 bits per heavy atom. The Morgan fingerprint density at radius 1 is 1.21 bits per heavy atom. The van der Waals surface area contributed by atoms with Crippen molar-refractivity contribution in [2.75, 3.05) is 19.6 Å². The van der Waals surface area contributed by atoms with E-state index in [2.05, 4.69) is 24.1 Å². The summed E-state index contributed by atoms with van der Waals surface area (Å²) >= 11 is 0. The van der Waals surface area contributed by atoms with Crippen LogP contribution in [-0.4, -0.2) is 46.8 Å². The minimum Gasteiger partial charge on any atom is -0.388 e. The van der Waals surface area contributed by atoms with Crippen molar-refractivity contribution in [1.29, 1.82) is 0 Å². The summed E-state index contributed by atoms with van der Waals surface area (Å²) in [7, 11) is 0. The van der Waals surface area contributed by atoms with Crippen LogP contribution in [0.3, 0.4) is 0 Å². The van der Waals surface area contributed by atoms with Gasteiger partial charge in [-0.3, -0.25) is 4.90 Å². The van der Waals surface area contributed by atoms with Gasteiger partial charge < -0.3 is 10.4 Å². The standard InChI is InChI=1S/C11H22N2O/c1-10(2)6-12-7-11(3,14)8-13(10)9-4-5-9/h9,12,14H,4-8H2,1-3H3. The fraction of sp³-hybridized carbons (Fsp3) is 1.00. The lowest BCUT2D eigenvalue weighted by molar-refractivity contribution is 0.00607. The van der Waals surface area contributed by atoms with E-state index in [1.54, 1.807) is 0 Å². The highest BCUT2D eigenvalue weighted by Gasteiger charge is 2.43. The van der Waals surface area contributed by atoms with Crippen LogP contribution in [-0.2, 0) is 0 Å². The van der Waals surface area contributed by atoms with E-state index in [0.29, 0.717) is 6.54 Å². The largest absolute Gasteiger partial charge is 0.388 e. The van der Waals surface area contributed by atoms with Crippen LogP contribution >= 0.6 is 0 Å². The normalized spacial score (nSPS) is 39.4. The van der Waals surface area contributed by atoms with Crippen molar-refractivity contribution in [2.24, 2.45) is 0 Å². The summed E-state index contributed by atoms with van der Waals surface area (Å²) in [5.74, 6) is 0. The van der Waals surface area contributed by atoms with Gasteiger partial charge in [-0.15, -0.1) is 0 Å². The van der Waals surface area contributed by atoms with E-state index < -0.39 is 5.60 Å². The van der Waals surface area contributed by atoms with Gasteiger partial charge in [0.25, 0.3) is 0 Å². The number of hydrogen-bond acceptors (Lipinski definition) is 3. The van der Waals surface area contributed by atoms with Gasteiger partial charge in [-0.2, -0.15) is 0 Å². The SMILES string of the molecule is CC1(O)CNCC(C)(C)N(C2CC2)C1. The molecule has 0 aromatic rings. The molecule has 0 bridgehead atoms. The molecule has 2 N–H and O–H groups in total. The molecule has 0 aromatic heterocycles. The van der Waals surface area contributed by atoms with Crippen molar-refractivity contribution in [3.05, 3.63) is 0 Å². The fourth-order valence-electron chi connectivity index (χ4n) is 2.39. The van der Waals surface area contributed by atoms with Crippen molar-refractivity contribution in [1.82, 2.24) is 10.2 Å². The predicted octanol–water partition coefficient (Wildman–Crippen LogP) is 0.584. The number of aliphatic hydroxyl groups is 1. The third-order valence-electron chi connectivity index (χ3n) is 3.34.